The molecule has 3 heteroatoms. The van der Waals surface area contributed by atoms with E-state index in [4.69, 9.17) is 4.74 Å². The van der Waals surface area contributed by atoms with Crippen molar-refractivity contribution in [2.24, 2.45) is 5.41 Å². The van der Waals surface area contributed by atoms with E-state index in [0.717, 1.165) is 18.8 Å². The van der Waals surface area contributed by atoms with Crippen LogP contribution in [0, 0.1) is 5.41 Å². The van der Waals surface area contributed by atoms with E-state index in [1.165, 1.54) is 47.7 Å². The van der Waals surface area contributed by atoms with Gasteiger partial charge in [-0.05, 0) is 49.4 Å². The molecule has 3 rings (SSSR count). The molecule has 0 bridgehead atoms. The van der Waals surface area contributed by atoms with E-state index in [1.54, 1.807) is 0 Å². The second-order valence-corrected chi connectivity index (χ2v) is 7.14. The minimum absolute atomic E-state index is 0.398. The van der Waals surface area contributed by atoms with Gasteiger partial charge in [0.25, 0.3) is 0 Å². The van der Waals surface area contributed by atoms with Gasteiger partial charge in [0, 0.05) is 22.5 Å². The van der Waals surface area contributed by atoms with Crippen LogP contribution in [0.1, 0.15) is 56.2 Å². The molecule has 2 aliphatic rings. The van der Waals surface area contributed by atoms with Gasteiger partial charge < -0.3 is 10.1 Å². The highest BCUT2D eigenvalue weighted by Crippen LogP contribution is 2.52. The van der Waals surface area contributed by atoms with Crippen molar-refractivity contribution < 1.29 is 4.74 Å². The van der Waals surface area contributed by atoms with Crippen molar-refractivity contribution >= 4 is 15.9 Å². The first kappa shape index (κ1) is 14.4. The van der Waals surface area contributed by atoms with Gasteiger partial charge in [-0.2, -0.15) is 0 Å². The van der Waals surface area contributed by atoms with Crippen LogP contribution in [-0.2, 0) is 6.42 Å². The minimum Gasteiger partial charge on any atom is -0.493 e. The largest absolute Gasteiger partial charge is 0.493 e. The van der Waals surface area contributed by atoms with Crippen molar-refractivity contribution in [3.8, 4) is 5.75 Å². The van der Waals surface area contributed by atoms with Gasteiger partial charge >= 0.3 is 0 Å². The Hall–Kier alpha value is -0.540. The van der Waals surface area contributed by atoms with Crippen molar-refractivity contribution in [1.29, 1.82) is 0 Å². The Morgan fingerprint density at radius 2 is 2.10 bits per heavy atom. The molecule has 1 atom stereocenters. The van der Waals surface area contributed by atoms with Crippen LogP contribution in [0.25, 0.3) is 0 Å². The van der Waals surface area contributed by atoms with Gasteiger partial charge in [-0.25, -0.2) is 0 Å². The van der Waals surface area contributed by atoms with E-state index < -0.39 is 0 Å². The third kappa shape index (κ3) is 2.29. The number of halogens is 1. The Labute approximate surface area is 130 Å². The number of nitrogens with one attached hydrogen (secondary N) is 1. The maximum atomic E-state index is 5.96. The van der Waals surface area contributed by atoms with Gasteiger partial charge in [-0.15, -0.1) is 0 Å². The Morgan fingerprint density at radius 3 is 2.75 bits per heavy atom. The lowest BCUT2D eigenvalue weighted by atomic mass is 9.73. The normalized spacial score (nSPS) is 21.6. The fraction of sp³-hybridized carbons (Fsp3) is 0.647. The average molecular weight is 338 g/mol. The fourth-order valence-electron chi connectivity index (χ4n) is 4.23. The predicted octanol–water partition coefficient (Wildman–Crippen LogP) is 4.61. The number of ether oxygens (including phenoxy) is 1. The van der Waals surface area contributed by atoms with Crippen molar-refractivity contribution in [2.75, 3.05) is 13.7 Å². The highest BCUT2D eigenvalue weighted by molar-refractivity contribution is 9.10. The molecule has 0 amide bonds. The molecule has 1 aromatic carbocycles. The number of benzene rings is 1. The Bertz CT molecular complexity index is 494. The summed E-state index contributed by atoms with van der Waals surface area (Å²) in [5.74, 6) is 1.15. The van der Waals surface area contributed by atoms with Crippen molar-refractivity contribution in [2.45, 2.75) is 51.5 Å². The fourth-order valence-corrected chi connectivity index (χ4v) is 4.75. The molecule has 1 aliphatic heterocycles. The van der Waals surface area contributed by atoms with E-state index in [1.807, 2.05) is 0 Å². The molecule has 2 nitrogen and oxygen atoms in total. The minimum atomic E-state index is 0.398. The maximum Gasteiger partial charge on any atom is 0.127 e. The number of hydrogen-bond donors (Lipinski definition) is 1. The van der Waals surface area contributed by atoms with Crippen molar-refractivity contribution in [3.05, 3.63) is 27.7 Å². The van der Waals surface area contributed by atoms with E-state index in [2.05, 4.69) is 47.4 Å². The van der Waals surface area contributed by atoms with Gasteiger partial charge in [0.05, 0.1) is 6.61 Å². The molecule has 110 valence electrons. The van der Waals surface area contributed by atoms with Crippen LogP contribution in [-0.4, -0.2) is 13.7 Å². The van der Waals surface area contributed by atoms with Gasteiger partial charge in [0.2, 0.25) is 0 Å². The SMILES string of the molecule is CCC1(C(NC)c2cc(Br)cc3c2OCC3)CCCC1. The molecule has 1 N–H and O–H groups in total. The van der Waals surface area contributed by atoms with Crippen LogP contribution in [0.3, 0.4) is 0 Å². The third-order valence-corrected chi connectivity index (χ3v) is 5.75. The summed E-state index contributed by atoms with van der Waals surface area (Å²) in [5.41, 5.74) is 3.12. The van der Waals surface area contributed by atoms with Gasteiger partial charge in [-0.1, -0.05) is 35.7 Å². The van der Waals surface area contributed by atoms with Crippen molar-refractivity contribution in [1.82, 2.24) is 5.32 Å². The highest BCUT2D eigenvalue weighted by Gasteiger charge is 2.41. The zero-order chi connectivity index (χ0) is 14.2. The van der Waals surface area contributed by atoms with Gasteiger partial charge in [0.1, 0.15) is 5.75 Å². The molecule has 1 heterocycles. The quantitative estimate of drug-likeness (QED) is 0.865. The molecule has 1 saturated carbocycles. The second kappa shape index (κ2) is 5.69. The van der Waals surface area contributed by atoms with Crippen LogP contribution in [0.5, 0.6) is 5.75 Å². The first-order valence-electron chi connectivity index (χ1n) is 7.82. The van der Waals surface area contributed by atoms with Gasteiger partial charge in [0.15, 0.2) is 0 Å². The smallest absolute Gasteiger partial charge is 0.127 e. The molecule has 1 fully saturated rings. The lowest BCUT2D eigenvalue weighted by Gasteiger charge is -2.38. The third-order valence-electron chi connectivity index (χ3n) is 5.29. The summed E-state index contributed by atoms with van der Waals surface area (Å²) in [6.45, 7) is 3.17. The molecule has 1 aliphatic carbocycles. The first-order valence-corrected chi connectivity index (χ1v) is 8.62. The summed E-state index contributed by atoms with van der Waals surface area (Å²) in [7, 11) is 2.10. The number of hydrogen-bond acceptors (Lipinski definition) is 2. The summed E-state index contributed by atoms with van der Waals surface area (Å²) in [6.07, 6.45) is 7.66. The Morgan fingerprint density at radius 1 is 1.35 bits per heavy atom. The Balaban J connectivity index is 2.06. The molecule has 0 spiro atoms. The number of fused-ring (bicyclic) bond motifs is 1. The second-order valence-electron chi connectivity index (χ2n) is 6.23. The number of rotatable bonds is 4. The first-order chi connectivity index (χ1) is 9.70. The molecule has 0 aromatic heterocycles. The molecule has 0 saturated heterocycles. The predicted molar refractivity (Wildman–Crippen MR) is 86.3 cm³/mol. The van der Waals surface area contributed by atoms with Gasteiger partial charge in [-0.3, -0.25) is 0 Å². The zero-order valence-corrected chi connectivity index (χ0v) is 14.1. The average Bonchev–Trinajstić information content (AvgIpc) is 3.08. The van der Waals surface area contributed by atoms with Crippen LogP contribution in [0.15, 0.2) is 16.6 Å². The van der Waals surface area contributed by atoms with Crippen LogP contribution >= 0.6 is 15.9 Å². The molecule has 0 radical (unpaired) electrons. The standard InChI is InChI=1S/C17H24BrNO/c1-3-17(7-4-5-8-17)16(19-2)14-11-13(18)10-12-6-9-20-15(12)14/h10-11,16,19H,3-9H2,1-2H3. The summed E-state index contributed by atoms with van der Waals surface area (Å²) in [5, 5.41) is 3.61. The summed E-state index contributed by atoms with van der Waals surface area (Å²) in [6, 6.07) is 4.88. The highest BCUT2D eigenvalue weighted by atomic mass is 79.9. The lowest BCUT2D eigenvalue weighted by Crippen LogP contribution is -2.34. The van der Waals surface area contributed by atoms with Crippen molar-refractivity contribution in [3.63, 3.8) is 0 Å². The topological polar surface area (TPSA) is 21.3 Å². The summed E-state index contributed by atoms with van der Waals surface area (Å²) >= 11 is 3.68. The van der Waals surface area contributed by atoms with E-state index in [9.17, 15) is 0 Å². The van der Waals surface area contributed by atoms with Crippen LogP contribution in [0.4, 0.5) is 0 Å². The lowest BCUT2D eigenvalue weighted by molar-refractivity contribution is 0.191. The summed E-state index contributed by atoms with van der Waals surface area (Å²) < 4.78 is 7.14. The monoisotopic (exact) mass is 337 g/mol. The molecule has 20 heavy (non-hydrogen) atoms. The maximum absolute atomic E-state index is 5.96. The molecule has 1 aromatic rings. The van der Waals surface area contributed by atoms with E-state index >= 15 is 0 Å². The van der Waals surface area contributed by atoms with E-state index in [0.29, 0.717) is 11.5 Å². The van der Waals surface area contributed by atoms with E-state index in [-0.39, 0.29) is 0 Å². The molecular formula is C17H24BrNO. The van der Waals surface area contributed by atoms with Crippen LogP contribution in [0.2, 0.25) is 0 Å². The zero-order valence-electron chi connectivity index (χ0n) is 12.5. The summed E-state index contributed by atoms with van der Waals surface area (Å²) in [4.78, 5) is 0. The molecule has 1 unspecified atom stereocenters. The molecular weight excluding hydrogens is 314 g/mol. The Kier molecular flexibility index (Phi) is 4.09. The van der Waals surface area contributed by atoms with Crippen LogP contribution < -0.4 is 10.1 Å².